The van der Waals surface area contributed by atoms with E-state index in [0.717, 1.165) is 12.8 Å². The topological polar surface area (TPSA) is 104 Å². The molecule has 0 aromatic heterocycles. The molecule has 0 radical (unpaired) electrons. The fraction of sp³-hybridized carbons (Fsp3) is 0.500. The van der Waals surface area contributed by atoms with Crippen LogP contribution in [0, 0.1) is 5.92 Å². The number of carbonyl (C=O) groups is 2. The van der Waals surface area contributed by atoms with Crippen LogP contribution in [0.1, 0.15) is 40.0 Å². The average Bonchev–Trinajstić information content (AvgIpc) is 2.46. The van der Waals surface area contributed by atoms with E-state index in [1.807, 2.05) is 25.5 Å². The number of carbonyl (C=O) groups excluding carboxylic acids is 2. The van der Waals surface area contributed by atoms with Crippen LogP contribution in [0.4, 0.5) is 10.5 Å². The molecule has 0 heterocycles. The van der Waals surface area contributed by atoms with E-state index in [1.165, 1.54) is 24.3 Å². The summed E-state index contributed by atoms with van der Waals surface area (Å²) in [6.07, 6.45) is 2.06. The summed E-state index contributed by atoms with van der Waals surface area (Å²) in [6.45, 7) is 6.26. The number of hydrogen-bond acceptors (Lipinski definition) is 4. The van der Waals surface area contributed by atoms with Crippen LogP contribution in [-0.2, 0) is 14.8 Å². The van der Waals surface area contributed by atoms with E-state index in [4.69, 9.17) is 0 Å². The molecule has 1 aromatic rings. The lowest BCUT2D eigenvalue weighted by Gasteiger charge is -2.10. The maximum Gasteiger partial charge on any atom is 0.328 e. The van der Waals surface area contributed by atoms with Crippen LogP contribution in [0.2, 0.25) is 0 Å². The molecule has 0 aliphatic rings. The molecule has 0 spiro atoms. The molecule has 0 unspecified atom stereocenters. The largest absolute Gasteiger partial charge is 0.337 e. The van der Waals surface area contributed by atoms with E-state index in [9.17, 15) is 18.0 Å². The first-order chi connectivity index (χ1) is 11.2. The molecule has 3 amide bonds. The highest BCUT2D eigenvalue weighted by molar-refractivity contribution is 7.90. The molecule has 1 rings (SSSR count). The maximum absolute atomic E-state index is 12.1. The summed E-state index contributed by atoms with van der Waals surface area (Å²) in [4.78, 5) is 23.2. The number of anilines is 1. The molecule has 0 aliphatic heterocycles. The van der Waals surface area contributed by atoms with Crippen LogP contribution in [0.15, 0.2) is 29.2 Å². The van der Waals surface area contributed by atoms with Gasteiger partial charge in [0.15, 0.2) is 0 Å². The summed E-state index contributed by atoms with van der Waals surface area (Å²) in [5.41, 5.74) is 0.506. The van der Waals surface area contributed by atoms with Crippen molar-refractivity contribution in [2.45, 2.75) is 44.9 Å². The molecule has 134 valence electrons. The van der Waals surface area contributed by atoms with Gasteiger partial charge in [-0.05, 0) is 36.6 Å². The van der Waals surface area contributed by atoms with Crippen LogP contribution in [0.25, 0.3) is 0 Å². The number of unbranched alkanes of at least 4 members (excludes halogenated alkanes) is 1. The predicted octanol–water partition coefficient (Wildman–Crippen LogP) is 2.46. The third-order valence-electron chi connectivity index (χ3n) is 3.08. The van der Waals surface area contributed by atoms with Crippen LogP contribution in [-0.4, -0.2) is 26.9 Å². The van der Waals surface area contributed by atoms with E-state index >= 15 is 0 Å². The van der Waals surface area contributed by atoms with Crippen molar-refractivity contribution in [1.29, 1.82) is 0 Å². The van der Waals surface area contributed by atoms with Crippen molar-refractivity contribution in [1.82, 2.24) is 10.0 Å². The third-order valence-corrected chi connectivity index (χ3v) is 4.43. The van der Waals surface area contributed by atoms with E-state index in [-0.39, 0.29) is 16.7 Å². The Morgan fingerprint density at radius 3 is 2.29 bits per heavy atom. The molecule has 0 saturated carbocycles. The lowest BCUT2D eigenvalue weighted by Crippen LogP contribution is -2.39. The molecule has 0 bridgehead atoms. The highest BCUT2D eigenvalue weighted by atomic mass is 32.2. The summed E-state index contributed by atoms with van der Waals surface area (Å²) in [6, 6.07) is 4.90. The Hall–Kier alpha value is -2.09. The predicted molar refractivity (Wildman–Crippen MR) is 93.2 cm³/mol. The Balaban J connectivity index is 2.66. The highest BCUT2D eigenvalue weighted by Gasteiger charge is 2.17. The van der Waals surface area contributed by atoms with Crippen LogP contribution < -0.4 is 15.4 Å². The first kappa shape index (κ1) is 20.0. The van der Waals surface area contributed by atoms with Gasteiger partial charge in [-0.15, -0.1) is 0 Å². The zero-order valence-electron chi connectivity index (χ0n) is 14.3. The smallest absolute Gasteiger partial charge is 0.328 e. The number of rotatable bonds is 8. The van der Waals surface area contributed by atoms with Crippen molar-refractivity contribution in [3.8, 4) is 0 Å². The Bertz CT molecular complexity index is 654. The number of amides is 3. The number of hydrogen-bond donors (Lipinski definition) is 3. The summed E-state index contributed by atoms with van der Waals surface area (Å²) >= 11 is 0. The summed E-state index contributed by atoms with van der Waals surface area (Å²) < 4.78 is 26.1. The van der Waals surface area contributed by atoms with Gasteiger partial charge in [-0.2, -0.15) is 0 Å². The SMILES string of the molecule is CCCCNC(=O)NS(=O)(=O)c1ccc(NC(=O)CC(C)C)cc1. The first-order valence-electron chi connectivity index (χ1n) is 7.95. The third kappa shape index (κ3) is 6.99. The number of nitrogens with one attached hydrogen (secondary N) is 3. The molecule has 0 saturated heterocycles. The maximum atomic E-state index is 12.1. The van der Waals surface area contributed by atoms with Gasteiger partial charge in [0.1, 0.15) is 0 Å². The number of benzene rings is 1. The van der Waals surface area contributed by atoms with E-state index in [2.05, 4.69) is 10.6 Å². The van der Waals surface area contributed by atoms with Gasteiger partial charge in [0.2, 0.25) is 5.91 Å². The van der Waals surface area contributed by atoms with E-state index in [0.29, 0.717) is 18.7 Å². The Morgan fingerprint density at radius 1 is 1.12 bits per heavy atom. The second kappa shape index (κ2) is 9.27. The zero-order valence-corrected chi connectivity index (χ0v) is 15.1. The molecule has 0 aliphatic carbocycles. The second-order valence-corrected chi connectivity index (χ2v) is 7.57. The zero-order chi connectivity index (χ0) is 18.2. The Kier molecular flexibility index (Phi) is 7.70. The highest BCUT2D eigenvalue weighted by Crippen LogP contribution is 2.14. The Labute approximate surface area is 143 Å². The second-order valence-electron chi connectivity index (χ2n) is 5.89. The lowest BCUT2D eigenvalue weighted by molar-refractivity contribution is -0.116. The van der Waals surface area contributed by atoms with Crippen LogP contribution in [0.3, 0.4) is 0 Å². The molecule has 0 atom stereocenters. The lowest BCUT2D eigenvalue weighted by atomic mass is 10.1. The normalized spacial score (nSPS) is 11.2. The molecule has 0 fully saturated rings. The number of sulfonamides is 1. The fourth-order valence-corrected chi connectivity index (χ4v) is 2.82. The van der Waals surface area contributed by atoms with Gasteiger partial charge in [0, 0.05) is 18.7 Å². The van der Waals surface area contributed by atoms with Crippen molar-refractivity contribution in [3.05, 3.63) is 24.3 Å². The molecule has 24 heavy (non-hydrogen) atoms. The quantitative estimate of drug-likeness (QED) is 0.623. The molecule has 1 aromatic carbocycles. The van der Waals surface area contributed by atoms with Crippen molar-refractivity contribution < 1.29 is 18.0 Å². The summed E-state index contributed by atoms with van der Waals surface area (Å²) in [7, 11) is -3.94. The van der Waals surface area contributed by atoms with Crippen molar-refractivity contribution in [2.75, 3.05) is 11.9 Å². The minimum absolute atomic E-state index is 0.0463. The molecular weight excluding hydrogens is 330 g/mol. The standard InChI is InChI=1S/C16H25N3O4S/c1-4-5-10-17-16(21)19-24(22,23)14-8-6-13(7-9-14)18-15(20)11-12(2)3/h6-9,12H,4-5,10-11H2,1-3H3,(H,18,20)(H2,17,19,21). The Morgan fingerprint density at radius 2 is 1.75 bits per heavy atom. The summed E-state index contributed by atoms with van der Waals surface area (Å²) in [5.74, 6) is 0.106. The van der Waals surface area contributed by atoms with Gasteiger partial charge < -0.3 is 10.6 Å². The van der Waals surface area contributed by atoms with Gasteiger partial charge in [-0.3, -0.25) is 4.79 Å². The van der Waals surface area contributed by atoms with Crippen molar-refractivity contribution in [2.24, 2.45) is 5.92 Å². The molecule has 8 heteroatoms. The monoisotopic (exact) mass is 355 g/mol. The number of urea groups is 1. The minimum atomic E-state index is -3.94. The molecular formula is C16H25N3O4S. The van der Waals surface area contributed by atoms with Crippen LogP contribution in [0.5, 0.6) is 0 Å². The molecule has 3 N–H and O–H groups in total. The van der Waals surface area contributed by atoms with Gasteiger partial charge in [-0.25, -0.2) is 17.9 Å². The molecule has 7 nitrogen and oxygen atoms in total. The first-order valence-corrected chi connectivity index (χ1v) is 9.43. The van der Waals surface area contributed by atoms with Gasteiger partial charge in [0.25, 0.3) is 10.0 Å². The summed E-state index contributed by atoms with van der Waals surface area (Å²) in [5, 5.41) is 5.17. The minimum Gasteiger partial charge on any atom is -0.337 e. The fourth-order valence-electron chi connectivity index (χ4n) is 1.90. The van der Waals surface area contributed by atoms with Crippen molar-refractivity contribution >= 4 is 27.6 Å². The van der Waals surface area contributed by atoms with Gasteiger partial charge in [0.05, 0.1) is 4.90 Å². The van der Waals surface area contributed by atoms with E-state index in [1.54, 1.807) is 0 Å². The van der Waals surface area contributed by atoms with Crippen LogP contribution >= 0.6 is 0 Å². The van der Waals surface area contributed by atoms with E-state index < -0.39 is 16.1 Å². The van der Waals surface area contributed by atoms with Gasteiger partial charge in [-0.1, -0.05) is 27.2 Å². The average molecular weight is 355 g/mol. The van der Waals surface area contributed by atoms with Gasteiger partial charge >= 0.3 is 6.03 Å². The van der Waals surface area contributed by atoms with Crippen molar-refractivity contribution in [3.63, 3.8) is 0 Å².